The van der Waals surface area contributed by atoms with Crippen molar-refractivity contribution in [2.75, 3.05) is 19.8 Å². The molecule has 3 rings (SSSR count). The number of nitrogens with one attached hydrogen (secondary N) is 1. The number of carbonyl (C=O) groups excluding carboxylic acids is 1. The lowest BCUT2D eigenvalue weighted by Crippen LogP contribution is -2.51. The van der Waals surface area contributed by atoms with E-state index in [1.807, 2.05) is 0 Å². The summed E-state index contributed by atoms with van der Waals surface area (Å²) in [6.07, 6.45) is 10.2. The van der Waals surface area contributed by atoms with Gasteiger partial charge in [-0.2, -0.15) is 0 Å². The average Bonchev–Trinajstić information content (AvgIpc) is 3.01. The lowest BCUT2D eigenvalue weighted by atomic mass is 9.84. The molecule has 4 heteroatoms. The van der Waals surface area contributed by atoms with Gasteiger partial charge in [0.2, 0.25) is 5.91 Å². The van der Waals surface area contributed by atoms with Gasteiger partial charge in [0, 0.05) is 31.8 Å². The zero-order chi connectivity index (χ0) is 15.4. The Hall–Kier alpha value is -0.610. The zero-order valence-corrected chi connectivity index (χ0v) is 13.9. The van der Waals surface area contributed by atoms with Crippen molar-refractivity contribution >= 4 is 5.91 Å². The maximum Gasteiger partial charge on any atom is 0.223 e. The molecule has 22 heavy (non-hydrogen) atoms. The van der Waals surface area contributed by atoms with E-state index in [0.29, 0.717) is 0 Å². The molecule has 1 aliphatic carbocycles. The number of rotatable bonds is 4. The summed E-state index contributed by atoms with van der Waals surface area (Å²) in [5.41, 5.74) is -0.0386. The van der Waals surface area contributed by atoms with Gasteiger partial charge < -0.3 is 14.8 Å². The maximum atomic E-state index is 12.5. The lowest BCUT2D eigenvalue weighted by molar-refractivity contribution is -0.145. The summed E-state index contributed by atoms with van der Waals surface area (Å²) in [6.45, 7) is 4.44. The Morgan fingerprint density at radius 1 is 1.18 bits per heavy atom. The van der Waals surface area contributed by atoms with Gasteiger partial charge in [0.1, 0.15) is 0 Å². The van der Waals surface area contributed by atoms with E-state index in [1.165, 1.54) is 25.7 Å². The van der Waals surface area contributed by atoms with Gasteiger partial charge in [-0.25, -0.2) is 0 Å². The molecule has 1 spiro atoms. The molecule has 0 aromatic carbocycles. The van der Waals surface area contributed by atoms with Gasteiger partial charge in [0.05, 0.1) is 5.60 Å². The minimum atomic E-state index is -0.0386. The number of amides is 1. The first-order chi connectivity index (χ1) is 10.7. The van der Waals surface area contributed by atoms with Crippen LogP contribution in [0.3, 0.4) is 0 Å². The van der Waals surface area contributed by atoms with Gasteiger partial charge >= 0.3 is 0 Å². The van der Waals surface area contributed by atoms with E-state index in [1.54, 1.807) is 0 Å². The molecule has 0 radical (unpaired) electrons. The Bertz CT molecular complexity index is 367. The summed E-state index contributed by atoms with van der Waals surface area (Å²) in [7, 11) is 0. The van der Waals surface area contributed by atoms with Crippen LogP contribution in [0, 0.1) is 11.8 Å². The summed E-state index contributed by atoms with van der Waals surface area (Å²) in [6, 6.07) is 0.283. The molecular formula is C18H31NO3. The van der Waals surface area contributed by atoms with E-state index in [-0.39, 0.29) is 23.5 Å². The fourth-order valence-corrected chi connectivity index (χ4v) is 4.44. The van der Waals surface area contributed by atoms with Crippen LogP contribution in [-0.4, -0.2) is 37.4 Å². The van der Waals surface area contributed by atoms with E-state index in [2.05, 4.69) is 12.2 Å². The third kappa shape index (κ3) is 4.02. The molecule has 1 amide bonds. The predicted octanol–water partition coefficient (Wildman–Crippen LogP) is 3.05. The number of ether oxygens (including phenoxy) is 2. The fraction of sp³-hybridized carbons (Fsp3) is 0.944. The molecule has 2 saturated heterocycles. The largest absolute Gasteiger partial charge is 0.381 e. The highest BCUT2D eigenvalue weighted by Gasteiger charge is 2.39. The monoisotopic (exact) mass is 309 g/mol. The molecular weight excluding hydrogens is 278 g/mol. The van der Waals surface area contributed by atoms with E-state index in [9.17, 15) is 4.79 Å². The summed E-state index contributed by atoms with van der Waals surface area (Å²) < 4.78 is 11.5. The molecule has 0 aromatic heterocycles. The fourth-order valence-electron chi connectivity index (χ4n) is 4.44. The first-order valence-corrected chi connectivity index (χ1v) is 9.19. The second-order valence-electron chi connectivity index (χ2n) is 7.63. The first-order valence-electron chi connectivity index (χ1n) is 9.19. The Kier molecular flexibility index (Phi) is 5.40. The van der Waals surface area contributed by atoms with Crippen LogP contribution >= 0.6 is 0 Å². The predicted molar refractivity (Wildman–Crippen MR) is 85.6 cm³/mol. The normalized spacial score (nSPS) is 30.3. The Morgan fingerprint density at radius 3 is 2.64 bits per heavy atom. The zero-order valence-electron chi connectivity index (χ0n) is 13.9. The molecule has 2 atom stereocenters. The highest BCUT2D eigenvalue weighted by atomic mass is 16.5. The van der Waals surface area contributed by atoms with Crippen LogP contribution in [0.15, 0.2) is 0 Å². The van der Waals surface area contributed by atoms with E-state index in [4.69, 9.17) is 9.47 Å². The minimum absolute atomic E-state index is 0.0386. The van der Waals surface area contributed by atoms with E-state index in [0.717, 1.165) is 57.8 Å². The number of carbonyl (C=O) groups is 1. The van der Waals surface area contributed by atoms with Crippen molar-refractivity contribution in [1.82, 2.24) is 5.32 Å². The second kappa shape index (κ2) is 7.31. The first kappa shape index (κ1) is 16.3. The van der Waals surface area contributed by atoms with Gasteiger partial charge in [0.25, 0.3) is 0 Å². The highest BCUT2D eigenvalue weighted by molar-refractivity contribution is 5.78. The third-order valence-electron chi connectivity index (χ3n) is 5.85. The van der Waals surface area contributed by atoms with Gasteiger partial charge in [-0.15, -0.1) is 0 Å². The molecule has 4 nitrogen and oxygen atoms in total. The van der Waals surface area contributed by atoms with Crippen LogP contribution in [0.25, 0.3) is 0 Å². The van der Waals surface area contributed by atoms with Crippen LogP contribution in [0.2, 0.25) is 0 Å². The summed E-state index contributed by atoms with van der Waals surface area (Å²) in [4.78, 5) is 12.5. The summed E-state index contributed by atoms with van der Waals surface area (Å²) >= 11 is 0. The van der Waals surface area contributed by atoms with Gasteiger partial charge in [-0.3, -0.25) is 4.79 Å². The molecule has 1 N–H and O–H groups in total. The van der Waals surface area contributed by atoms with Gasteiger partial charge in [0.15, 0.2) is 0 Å². The van der Waals surface area contributed by atoms with Crippen LogP contribution in [0.4, 0.5) is 0 Å². The van der Waals surface area contributed by atoms with Crippen LogP contribution < -0.4 is 5.32 Å². The Balaban J connectivity index is 1.47. The Morgan fingerprint density at radius 2 is 1.91 bits per heavy atom. The van der Waals surface area contributed by atoms with E-state index < -0.39 is 0 Å². The SMILES string of the molecule is C[C@@H](CC1CCCC1)C(=O)N[C@H]1CCOC2(CCOCC2)C1. The lowest BCUT2D eigenvalue weighted by Gasteiger charge is -2.43. The Labute approximate surface area is 134 Å². The third-order valence-corrected chi connectivity index (χ3v) is 5.85. The van der Waals surface area contributed by atoms with Crippen molar-refractivity contribution in [2.45, 2.75) is 76.4 Å². The molecule has 0 unspecified atom stereocenters. The molecule has 1 saturated carbocycles. The van der Waals surface area contributed by atoms with Crippen molar-refractivity contribution in [3.05, 3.63) is 0 Å². The van der Waals surface area contributed by atoms with Crippen molar-refractivity contribution in [2.24, 2.45) is 11.8 Å². The van der Waals surface area contributed by atoms with Crippen LogP contribution in [-0.2, 0) is 14.3 Å². The second-order valence-corrected chi connectivity index (χ2v) is 7.63. The topological polar surface area (TPSA) is 47.6 Å². The highest BCUT2D eigenvalue weighted by Crippen LogP contribution is 2.35. The molecule has 2 aliphatic heterocycles. The van der Waals surface area contributed by atoms with Crippen molar-refractivity contribution in [3.63, 3.8) is 0 Å². The molecule has 2 heterocycles. The minimum Gasteiger partial charge on any atom is -0.381 e. The molecule has 0 aromatic rings. The van der Waals surface area contributed by atoms with Crippen molar-refractivity contribution < 1.29 is 14.3 Å². The van der Waals surface area contributed by atoms with Gasteiger partial charge in [-0.05, 0) is 38.0 Å². The van der Waals surface area contributed by atoms with Crippen LogP contribution in [0.5, 0.6) is 0 Å². The van der Waals surface area contributed by atoms with Crippen LogP contribution in [0.1, 0.15) is 64.7 Å². The molecule has 3 aliphatic rings. The van der Waals surface area contributed by atoms with E-state index >= 15 is 0 Å². The quantitative estimate of drug-likeness (QED) is 0.868. The molecule has 126 valence electrons. The smallest absolute Gasteiger partial charge is 0.223 e. The number of hydrogen-bond acceptors (Lipinski definition) is 3. The standard InChI is InChI=1S/C18H31NO3/c1-14(12-15-4-2-3-5-15)17(20)19-16-6-9-22-18(13-16)7-10-21-11-8-18/h14-16H,2-13H2,1H3,(H,19,20)/t14-,16-/m0/s1. The summed E-state index contributed by atoms with van der Waals surface area (Å²) in [5, 5.41) is 3.30. The van der Waals surface area contributed by atoms with Crippen molar-refractivity contribution in [3.8, 4) is 0 Å². The summed E-state index contributed by atoms with van der Waals surface area (Å²) in [5.74, 6) is 1.18. The number of hydrogen-bond donors (Lipinski definition) is 1. The molecule has 3 fully saturated rings. The van der Waals surface area contributed by atoms with Gasteiger partial charge in [-0.1, -0.05) is 32.6 Å². The maximum absolute atomic E-state index is 12.5. The average molecular weight is 309 g/mol. The van der Waals surface area contributed by atoms with Crippen molar-refractivity contribution in [1.29, 1.82) is 0 Å². The molecule has 0 bridgehead atoms.